The highest BCUT2D eigenvalue weighted by atomic mass is 15.0. The summed E-state index contributed by atoms with van der Waals surface area (Å²) in [6.07, 6.45) is 7.99. The highest BCUT2D eigenvalue weighted by Crippen LogP contribution is 2.43. The number of hydrogen-bond donors (Lipinski definition) is 1. The molecule has 0 radical (unpaired) electrons. The minimum absolute atomic E-state index is 0.618. The van der Waals surface area contributed by atoms with Crippen molar-refractivity contribution in [1.29, 1.82) is 0 Å². The molecule has 1 aromatic heterocycles. The molecular weight excluding hydrogens is 234 g/mol. The predicted octanol–water partition coefficient (Wildman–Crippen LogP) is 3.25. The van der Waals surface area contributed by atoms with E-state index in [1.165, 1.54) is 55.5 Å². The molecule has 0 spiro atoms. The van der Waals surface area contributed by atoms with Crippen LogP contribution in [0.2, 0.25) is 0 Å². The average Bonchev–Trinajstić information content (AvgIpc) is 3.15. The van der Waals surface area contributed by atoms with Gasteiger partial charge in [-0.05, 0) is 31.6 Å². The van der Waals surface area contributed by atoms with Crippen LogP contribution in [0.25, 0.3) is 0 Å². The summed E-state index contributed by atoms with van der Waals surface area (Å²) in [5, 5.41) is 3.45. The Bertz CT molecular complexity index is 493. The van der Waals surface area contributed by atoms with Crippen LogP contribution < -0.4 is 5.32 Å². The molecule has 1 N–H and O–H groups in total. The normalized spacial score (nSPS) is 30.4. The van der Waals surface area contributed by atoms with Gasteiger partial charge in [0.15, 0.2) is 0 Å². The van der Waals surface area contributed by atoms with Crippen LogP contribution in [0.15, 0.2) is 0 Å². The molecule has 102 valence electrons. The number of rotatable bonds is 2. The maximum atomic E-state index is 5.01. The fraction of sp³-hybridized carbons (Fsp3) is 0.750. The first kappa shape index (κ1) is 11.8. The zero-order valence-electron chi connectivity index (χ0n) is 11.8. The third-order valence-corrected chi connectivity index (χ3v) is 5.00. The lowest BCUT2D eigenvalue weighted by atomic mass is 9.82. The van der Waals surface area contributed by atoms with Crippen molar-refractivity contribution in [2.24, 2.45) is 5.92 Å². The summed E-state index contributed by atoms with van der Waals surface area (Å²) in [4.78, 5) is 9.92. The average molecular weight is 257 g/mol. The van der Waals surface area contributed by atoms with E-state index in [2.05, 4.69) is 12.2 Å². The lowest BCUT2D eigenvalue weighted by molar-refractivity contribution is 0.334. The molecule has 2 heterocycles. The van der Waals surface area contributed by atoms with E-state index in [1.54, 1.807) is 0 Å². The minimum Gasteiger partial charge on any atom is -0.307 e. The molecule has 2 unspecified atom stereocenters. The summed E-state index contributed by atoms with van der Waals surface area (Å²) in [7, 11) is 0. The Morgan fingerprint density at radius 1 is 1.00 bits per heavy atom. The molecule has 4 rings (SSSR count). The van der Waals surface area contributed by atoms with Crippen molar-refractivity contribution in [2.75, 3.05) is 0 Å². The largest absolute Gasteiger partial charge is 0.307 e. The van der Waals surface area contributed by atoms with Gasteiger partial charge in [0.1, 0.15) is 5.82 Å². The molecule has 2 atom stereocenters. The van der Waals surface area contributed by atoms with Crippen LogP contribution in [0.4, 0.5) is 0 Å². The van der Waals surface area contributed by atoms with Crippen LogP contribution in [0.3, 0.4) is 0 Å². The summed E-state index contributed by atoms with van der Waals surface area (Å²) in [6, 6.07) is 0. The lowest BCUT2D eigenvalue weighted by Gasteiger charge is -2.26. The van der Waals surface area contributed by atoms with Gasteiger partial charge in [-0.3, -0.25) is 0 Å². The molecule has 0 bridgehead atoms. The molecule has 0 amide bonds. The van der Waals surface area contributed by atoms with Crippen LogP contribution >= 0.6 is 0 Å². The van der Waals surface area contributed by atoms with Crippen molar-refractivity contribution >= 4 is 0 Å². The minimum atomic E-state index is 0.618. The molecule has 1 aliphatic heterocycles. The van der Waals surface area contributed by atoms with Crippen molar-refractivity contribution < 1.29 is 0 Å². The molecule has 2 fully saturated rings. The van der Waals surface area contributed by atoms with E-state index < -0.39 is 0 Å². The summed E-state index contributed by atoms with van der Waals surface area (Å²) in [5.41, 5.74) is 4.11. The van der Waals surface area contributed by atoms with Crippen molar-refractivity contribution in [1.82, 2.24) is 15.3 Å². The van der Waals surface area contributed by atoms with Crippen molar-refractivity contribution in [3.63, 3.8) is 0 Å². The third kappa shape index (κ3) is 2.18. The zero-order valence-corrected chi connectivity index (χ0v) is 11.8. The second kappa shape index (κ2) is 4.55. The fourth-order valence-electron chi connectivity index (χ4n) is 3.76. The third-order valence-electron chi connectivity index (χ3n) is 5.00. The van der Waals surface area contributed by atoms with Gasteiger partial charge in [-0.2, -0.15) is 0 Å². The highest BCUT2D eigenvalue weighted by molar-refractivity contribution is 5.34. The Labute approximate surface area is 115 Å². The van der Waals surface area contributed by atoms with Crippen LogP contribution in [-0.2, 0) is 13.1 Å². The van der Waals surface area contributed by atoms with E-state index in [4.69, 9.17) is 9.97 Å². The number of hydrogen-bond acceptors (Lipinski definition) is 3. The first-order chi connectivity index (χ1) is 9.31. The van der Waals surface area contributed by atoms with Gasteiger partial charge in [0.05, 0.1) is 11.4 Å². The van der Waals surface area contributed by atoms with E-state index in [0.29, 0.717) is 5.92 Å². The van der Waals surface area contributed by atoms with E-state index in [-0.39, 0.29) is 0 Å². The SMILES string of the molecule is CC1CCCC(c2nc3c(c(C4CC4)n2)CNC3)C1. The maximum absolute atomic E-state index is 5.01. The molecule has 2 saturated carbocycles. The van der Waals surface area contributed by atoms with Crippen LogP contribution in [-0.4, -0.2) is 9.97 Å². The summed E-state index contributed by atoms with van der Waals surface area (Å²) < 4.78 is 0. The highest BCUT2D eigenvalue weighted by Gasteiger charge is 2.33. The van der Waals surface area contributed by atoms with E-state index in [9.17, 15) is 0 Å². The first-order valence-corrected chi connectivity index (χ1v) is 7.91. The van der Waals surface area contributed by atoms with Crippen LogP contribution in [0, 0.1) is 5.92 Å². The van der Waals surface area contributed by atoms with E-state index in [0.717, 1.165) is 30.7 Å². The van der Waals surface area contributed by atoms with Gasteiger partial charge in [0.2, 0.25) is 0 Å². The lowest BCUT2D eigenvalue weighted by Crippen LogP contribution is -2.16. The maximum Gasteiger partial charge on any atom is 0.132 e. The Morgan fingerprint density at radius 2 is 1.89 bits per heavy atom. The van der Waals surface area contributed by atoms with Crippen molar-refractivity contribution in [3.05, 3.63) is 22.8 Å². The van der Waals surface area contributed by atoms with Gasteiger partial charge in [0, 0.05) is 30.5 Å². The molecule has 3 aliphatic rings. The monoisotopic (exact) mass is 257 g/mol. The van der Waals surface area contributed by atoms with E-state index >= 15 is 0 Å². The molecule has 0 aromatic carbocycles. The number of nitrogens with zero attached hydrogens (tertiary/aromatic N) is 2. The van der Waals surface area contributed by atoms with Crippen molar-refractivity contribution in [2.45, 2.75) is 70.4 Å². The zero-order chi connectivity index (χ0) is 12.8. The molecule has 2 aliphatic carbocycles. The quantitative estimate of drug-likeness (QED) is 0.883. The molecule has 0 saturated heterocycles. The van der Waals surface area contributed by atoms with Gasteiger partial charge in [-0.1, -0.05) is 19.8 Å². The molecule has 3 heteroatoms. The van der Waals surface area contributed by atoms with Gasteiger partial charge >= 0.3 is 0 Å². The Hall–Kier alpha value is -0.960. The second-order valence-electron chi connectivity index (χ2n) is 6.74. The van der Waals surface area contributed by atoms with Gasteiger partial charge in [0.25, 0.3) is 0 Å². The standard InChI is InChI=1S/C16H23N3/c1-10-3-2-4-12(7-10)16-18-14-9-17-8-13(14)15(19-16)11-5-6-11/h10-12,17H,2-9H2,1H3. The van der Waals surface area contributed by atoms with Gasteiger partial charge < -0.3 is 5.32 Å². The molecular formula is C16H23N3. The molecule has 1 aromatic rings. The summed E-state index contributed by atoms with van der Waals surface area (Å²) in [6.45, 7) is 4.32. The Kier molecular flexibility index (Phi) is 2.83. The Balaban J connectivity index is 1.70. The molecule has 3 nitrogen and oxygen atoms in total. The number of fused-ring (bicyclic) bond motifs is 1. The Morgan fingerprint density at radius 3 is 2.68 bits per heavy atom. The van der Waals surface area contributed by atoms with Crippen molar-refractivity contribution in [3.8, 4) is 0 Å². The van der Waals surface area contributed by atoms with Crippen LogP contribution in [0.1, 0.15) is 80.1 Å². The van der Waals surface area contributed by atoms with Crippen LogP contribution in [0.5, 0.6) is 0 Å². The first-order valence-electron chi connectivity index (χ1n) is 7.91. The second-order valence-corrected chi connectivity index (χ2v) is 6.74. The predicted molar refractivity (Wildman–Crippen MR) is 74.9 cm³/mol. The van der Waals surface area contributed by atoms with Gasteiger partial charge in [-0.25, -0.2) is 9.97 Å². The van der Waals surface area contributed by atoms with E-state index in [1.807, 2.05) is 0 Å². The summed E-state index contributed by atoms with van der Waals surface area (Å²) >= 11 is 0. The summed E-state index contributed by atoms with van der Waals surface area (Å²) in [5.74, 6) is 3.37. The fourth-order valence-corrected chi connectivity index (χ4v) is 3.76. The smallest absolute Gasteiger partial charge is 0.132 e. The topological polar surface area (TPSA) is 37.8 Å². The number of nitrogens with one attached hydrogen (secondary N) is 1. The van der Waals surface area contributed by atoms with Gasteiger partial charge in [-0.15, -0.1) is 0 Å². The molecule has 19 heavy (non-hydrogen) atoms. The number of aromatic nitrogens is 2.